The van der Waals surface area contributed by atoms with Crippen molar-refractivity contribution in [3.63, 3.8) is 0 Å². The Morgan fingerprint density at radius 2 is 1.84 bits per heavy atom. The van der Waals surface area contributed by atoms with Gasteiger partial charge in [0, 0.05) is 11.1 Å². The van der Waals surface area contributed by atoms with Gasteiger partial charge in [-0.15, -0.1) is 0 Å². The summed E-state index contributed by atoms with van der Waals surface area (Å²) in [6, 6.07) is 15.0. The van der Waals surface area contributed by atoms with Gasteiger partial charge >= 0.3 is 0 Å². The van der Waals surface area contributed by atoms with Gasteiger partial charge in [-0.05, 0) is 75.6 Å². The smallest absolute Gasteiger partial charge is 0.293 e. The van der Waals surface area contributed by atoms with Crippen molar-refractivity contribution in [3.8, 4) is 23.0 Å². The first-order valence-corrected chi connectivity index (χ1v) is 13.2. The molecule has 2 aliphatic heterocycles. The van der Waals surface area contributed by atoms with Crippen molar-refractivity contribution in [2.24, 2.45) is 0 Å². The molecule has 10 heteroatoms. The predicted molar refractivity (Wildman–Crippen MR) is 145 cm³/mol. The summed E-state index contributed by atoms with van der Waals surface area (Å²) in [6.07, 6.45) is 1.66. The van der Waals surface area contributed by atoms with Gasteiger partial charge in [0.15, 0.2) is 23.0 Å². The molecule has 2 amide bonds. The Hall–Kier alpha value is -3.14. The molecule has 1 fully saturated rings. The van der Waals surface area contributed by atoms with Crippen molar-refractivity contribution in [2.45, 2.75) is 20.1 Å². The monoisotopic (exact) mass is 601 g/mol. The van der Waals surface area contributed by atoms with E-state index in [2.05, 4.69) is 15.9 Å². The quantitative estimate of drug-likeness (QED) is 0.271. The number of hydrogen-bond acceptors (Lipinski definition) is 7. The molecule has 0 aliphatic carbocycles. The molecule has 1 saturated heterocycles. The van der Waals surface area contributed by atoms with Gasteiger partial charge in [-0.1, -0.05) is 41.4 Å². The number of methoxy groups -OCH3 is 1. The lowest BCUT2D eigenvalue weighted by Crippen LogP contribution is -2.27. The molecule has 0 radical (unpaired) electrons. The molecular weight excluding hydrogens is 582 g/mol. The Kier molecular flexibility index (Phi) is 7.37. The third kappa shape index (κ3) is 5.44. The lowest BCUT2D eigenvalue weighted by Gasteiger charge is -2.14. The van der Waals surface area contributed by atoms with E-state index >= 15 is 0 Å². The summed E-state index contributed by atoms with van der Waals surface area (Å²) in [6.45, 7) is 2.53. The summed E-state index contributed by atoms with van der Waals surface area (Å²) in [4.78, 5) is 27.3. The zero-order valence-corrected chi connectivity index (χ0v) is 23.0. The molecule has 7 nitrogen and oxygen atoms in total. The Labute approximate surface area is 231 Å². The van der Waals surface area contributed by atoms with E-state index < -0.39 is 5.91 Å². The van der Waals surface area contributed by atoms with E-state index in [0.29, 0.717) is 55.1 Å². The minimum absolute atomic E-state index is 0.0241. The van der Waals surface area contributed by atoms with Crippen LogP contribution < -0.4 is 18.9 Å². The summed E-state index contributed by atoms with van der Waals surface area (Å²) in [5, 5.41) is 0.0104. The number of aryl methyl sites for hydroxylation is 1. The van der Waals surface area contributed by atoms with Gasteiger partial charge in [0.1, 0.15) is 6.61 Å². The van der Waals surface area contributed by atoms with Gasteiger partial charge < -0.3 is 18.9 Å². The van der Waals surface area contributed by atoms with E-state index in [0.717, 1.165) is 22.2 Å². The Morgan fingerprint density at radius 3 is 2.57 bits per heavy atom. The van der Waals surface area contributed by atoms with Crippen molar-refractivity contribution >= 4 is 56.5 Å². The molecule has 0 N–H and O–H groups in total. The molecule has 3 aromatic carbocycles. The van der Waals surface area contributed by atoms with E-state index in [4.69, 9.17) is 30.5 Å². The van der Waals surface area contributed by atoms with Crippen LogP contribution >= 0.6 is 39.3 Å². The second-order valence-electron chi connectivity index (χ2n) is 8.37. The third-order valence-corrected chi connectivity index (χ3v) is 7.65. The SMILES string of the molecule is COc1cc(/C=C2\SC(=O)N(Cc3cc4c(cc3Cl)OCO4)C2=O)cc(Br)c1OCc1ccc(C)cc1. The van der Waals surface area contributed by atoms with E-state index in [9.17, 15) is 9.59 Å². The fraction of sp³-hybridized carbons (Fsp3) is 0.185. The van der Waals surface area contributed by atoms with Gasteiger partial charge in [0.2, 0.25) is 6.79 Å². The maximum Gasteiger partial charge on any atom is 0.293 e. The fourth-order valence-electron chi connectivity index (χ4n) is 3.84. The number of hydrogen-bond donors (Lipinski definition) is 0. The Balaban J connectivity index is 1.34. The van der Waals surface area contributed by atoms with Gasteiger partial charge in [0.25, 0.3) is 11.1 Å². The van der Waals surface area contributed by atoms with E-state index in [-0.39, 0.29) is 18.6 Å². The second kappa shape index (κ2) is 10.7. The maximum atomic E-state index is 13.1. The highest BCUT2D eigenvalue weighted by molar-refractivity contribution is 9.10. The maximum absolute atomic E-state index is 13.1. The minimum atomic E-state index is -0.404. The lowest BCUT2D eigenvalue weighted by atomic mass is 10.1. The van der Waals surface area contributed by atoms with Crippen LogP contribution in [-0.2, 0) is 17.9 Å². The molecule has 0 spiro atoms. The van der Waals surface area contributed by atoms with Crippen molar-refractivity contribution < 1.29 is 28.5 Å². The third-order valence-electron chi connectivity index (χ3n) is 5.80. The van der Waals surface area contributed by atoms with Gasteiger partial charge in [0.05, 0.1) is 23.0 Å². The molecule has 2 heterocycles. The largest absolute Gasteiger partial charge is 0.493 e. The molecule has 190 valence electrons. The first-order valence-electron chi connectivity index (χ1n) is 11.2. The van der Waals surface area contributed by atoms with E-state index in [1.807, 2.05) is 37.3 Å². The molecule has 5 rings (SSSR count). The fourth-order valence-corrected chi connectivity index (χ4v) is 5.47. The first-order chi connectivity index (χ1) is 17.8. The molecule has 0 atom stereocenters. The van der Waals surface area contributed by atoms with Gasteiger partial charge in [-0.25, -0.2) is 0 Å². The number of ether oxygens (including phenoxy) is 4. The number of thioether (sulfide) groups is 1. The van der Waals surface area contributed by atoms with Crippen LogP contribution in [0.15, 0.2) is 57.9 Å². The molecule has 0 aromatic heterocycles. The van der Waals surface area contributed by atoms with Crippen molar-refractivity contribution in [3.05, 3.63) is 85.2 Å². The topological polar surface area (TPSA) is 74.3 Å². The number of benzene rings is 3. The van der Waals surface area contributed by atoms with Crippen molar-refractivity contribution in [1.82, 2.24) is 4.90 Å². The molecule has 0 bridgehead atoms. The minimum Gasteiger partial charge on any atom is -0.493 e. The normalized spacial score (nSPS) is 15.6. The number of halogens is 2. The van der Waals surface area contributed by atoms with Crippen LogP contribution in [0.1, 0.15) is 22.3 Å². The summed E-state index contributed by atoms with van der Waals surface area (Å²) < 4.78 is 22.9. The van der Waals surface area contributed by atoms with Crippen LogP contribution in [0.25, 0.3) is 6.08 Å². The lowest BCUT2D eigenvalue weighted by molar-refractivity contribution is -0.123. The zero-order chi connectivity index (χ0) is 26.1. The van der Waals surface area contributed by atoms with Crippen molar-refractivity contribution in [2.75, 3.05) is 13.9 Å². The summed E-state index contributed by atoms with van der Waals surface area (Å²) in [7, 11) is 1.55. The average molecular weight is 603 g/mol. The van der Waals surface area contributed by atoms with Crippen LogP contribution in [0.4, 0.5) is 4.79 Å². The summed E-state index contributed by atoms with van der Waals surface area (Å²) in [5.74, 6) is 1.71. The Bertz CT molecular complexity index is 1430. The first kappa shape index (κ1) is 25.5. The number of amides is 2. The molecule has 3 aromatic rings. The summed E-state index contributed by atoms with van der Waals surface area (Å²) >= 11 is 10.8. The Morgan fingerprint density at radius 1 is 1.11 bits per heavy atom. The average Bonchev–Trinajstić information content (AvgIpc) is 3.43. The number of nitrogens with zero attached hydrogens (tertiary/aromatic N) is 1. The predicted octanol–water partition coefficient (Wildman–Crippen LogP) is 6.96. The highest BCUT2D eigenvalue weighted by Crippen LogP contribution is 2.41. The van der Waals surface area contributed by atoms with Gasteiger partial charge in [-0.3, -0.25) is 14.5 Å². The standard InChI is InChI=1S/C27H21BrClNO6S/c1-15-3-5-16(6-4-15)13-34-25-19(28)7-17(8-23(25)33-2)9-24-26(31)30(27(32)37-24)12-18-10-21-22(11-20(18)29)36-14-35-21/h3-11H,12-14H2,1-2H3/b24-9-. The molecular formula is C27H21BrClNO6S. The summed E-state index contributed by atoms with van der Waals surface area (Å²) in [5.41, 5.74) is 3.47. The highest BCUT2D eigenvalue weighted by atomic mass is 79.9. The van der Waals surface area contributed by atoms with Crippen LogP contribution in [0, 0.1) is 6.92 Å². The zero-order valence-electron chi connectivity index (χ0n) is 19.9. The number of carbonyl (C=O) groups is 2. The number of rotatable bonds is 7. The van der Waals surface area contributed by atoms with Crippen molar-refractivity contribution in [1.29, 1.82) is 0 Å². The van der Waals surface area contributed by atoms with Gasteiger partial charge in [-0.2, -0.15) is 0 Å². The van der Waals surface area contributed by atoms with Crippen LogP contribution in [0.3, 0.4) is 0 Å². The number of carbonyl (C=O) groups excluding carboxylic acids is 2. The van der Waals surface area contributed by atoms with Crippen LogP contribution in [0.2, 0.25) is 5.02 Å². The molecule has 37 heavy (non-hydrogen) atoms. The molecule has 0 saturated carbocycles. The second-order valence-corrected chi connectivity index (χ2v) is 10.6. The molecule has 0 unspecified atom stereocenters. The van der Waals surface area contributed by atoms with E-state index in [1.54, 1.807) is 31.4 Å². The number of fused-ring (bicyclic) bond motifs is 1. The molecule has 2 aliphatic rings. The highest BCUT2D eigenvalue weighted by Gasteiger charge is 2.36. The van der Waals surface area contributed by atoms with Crippen LogP contribution in [-0.4, -0.2) is 29.9 Å². The van der Waals surface area contributed by atoms with E-state index in [1.165, 1.54) is 5.56 Å². The van der Waals surface area contributed by atoms with Crippen LogP contribution in [0.5, 0.6) is 23.0 Å². The number of imide groups is 1.